The van der Waals surface area contributed by atoms with Crippen LogP contribution in [0, 0.1) is 0 Å². The fourth-order valence-corrected chi connectivity index (χ4v) is 12.9. The lowest BCUT2D eigenvalue weighted by Gasteiger charge is -2.42. The monoisotopic (exact) mass is 909 g/mol. The molecule has 0 spiro atoms. The van der Waals surface area contributed by atoms with Gasteiger partial charge in [-0.2, -0.15) is 0 Å². The molecule has 3 aliphatic rings. The molecule has 2 aliphatic carbocycles. The summed E-state index contributed by atoms with van der Waals surface area (Å²) < 4.78 is 16.0. The SMILES string of the molecule is CC(C)(C)c1ccc(Nc2cc3oc4ccccc4c3cc2-c2c3c(c4c5cc6c(cc5n5c4c2Bc2cc4nc(-c7ccccc7)oc4cc2-5)C(C)(C)CCC6(C)C)-c2ccccc2C3(C)C)cc1. The van der Waals surface area contributed by atoms with Crippen LogP contribution in [0.4, 0.5) is 11.4 Å². The Morgan fingerprint density at radius 1 is 0.614 bits per heavy atom. The minimum Gasteiger partial charge on any atom is -0.456 e. The Morgan fingerprint density at radius 3 is 2.10 bits per heavy atom. The first-order valence-electron chi connectivity index (χ1n) is 25.2. The van der Waals surface area contributed by atoms with E-state index in [1.807, 2.05) is 18.2 Å². The van der Waals surface area contributed by atoms with Crippen LogP contribution in [0.3, 0.4) is 0 Å². The number of oxazole rings is 1. The Morgan fingerprint density at radius 2 is 1.33 bits per heavy atom. The lowest BCUT2D eigenvalue weighted by atomic mass is 9.57. The molecule has 1 aliphatic heterocycles. The second kappa shape index (κ2) is 13.9. The average molecular weight is 910 g/mol. The van der Waals surface area contributed by atoms with E-state index in [0.717, 1.165) is 75.8 Å². The Bertz CT molecular complexity index is 4060. The Balaban J connectivity index is 1.16. The summed E-state index contributed by atoms with van der Waals surface area (Å²) in [4.78, 5) is 5.17. The third-order valence-electron chi connectivity index (χ3n) is 16.8. The number of fused-ring (bicyclic) bond motifs is 14. The average Bonchev–Trinajstić information content (AvgIpc) is 4.08. The molecule has 0 saturated heterocycles. The number of para-hydroxylation sites is 1. The molecule has 0 radical (unpaired) electrons. The van der Waals surface area contributed by atoms with Gasteiger partial charge in [-0.1, -0.05) is 141 Å². The fourth-order valence-electron chi connectivity index (χ4n) is 12.9. The van der Waals surface area contributed by atoms with E-state index in [9.17, 15) is 0 Å². The van der Waals surface area contributed by atoms with Gasteiger partial charge in [0.1, 0.15) is 16.7 Å². The molecule has 70 heavy (non-hydrogen) atoms. The van der Waals surface area contributed by atoms with Crippen molar-refractivity contribution in [1.82, 2.24) is 9.55 Å². The highest BCUT2D eigenvalue weighted by atomic mass is 16.3. The number of nitrogens with zero attached hydrogens (tertiary/aromatic N) is 2. The third kappa shape index (κ3) is 5.76. The van der Waals surface area contributed by atoms with Gasteiger partial charge in [-0.25, -0.2) is 4.98 Å². The topological polar surface area (TPSA) is 56.1 Å². The van der Waals surface area contributed by atoms with Crippen LogP contribution < -0.4 is 16.2 Å². The highest BCUT2D eigenvalue weighted by molar-refractivity contribution is 6.74. The van der Waals surface area contributed by atoms with Gasteiger partial charge in [0, 0.05) is 67.1 Å². The van der Waals surface area contributed by atoms with Gasteiger partial charge in [0.25, 0.3) is 0 Å². The molecule has 4 heterocycles. The van der Waals surface area contributed by atoms with Crippen LogP contribution in [0.25, 0.3) is 94.2 Å². The molecule has 1 N–H and O–H groups in total. The van der Waals surface area contributed by atoms with Gasteiger partial charge in [-0.3, -0.25) is 0 Å². The second-order valence-electron chi connectivity index (χ2n) is 23.5. The van der Waals surface area contributed by atoms with E-state index in [-0.39, 0.29) is 21.7 Å². The zero-order valence-corrected chi connectivity index (χ0v) is 41.6. The van der Waals surface area contributed by atoms with Crippen molar-refractivity contribution in [3.8, 4) is 39.4 Å². The van der Waals surface area contributed by atoms with Crippen LogP contribution in [0.5, 0.6) is 0 Å². The zero-order chi connectivity index (χ0) is 47.8. The normalized spacial score (nSPS) is 16.1. The second-order valence-corrected chi connectivity index (χ2v) is 23.5. The summed E-state index contributed by atoms with van der Waals surface area (Å²) in [6.07, 6.45) is 2.29. The number of aromatic nitrogens is 2. The number of hydrogen-bond acceptors (Lipinski definition) is 4. The summed E-state index contributed by atoms with van der Waals surface area (Å²) >= 11 is 0. The van der Waals surface area contributed by atoms with Crippen LogP contribution >= 0.6 is 0 Å². The number of furan rings is 1. The number of nitrogens with one attached hydrogen (secondary N) is 1. The minimum absolute atomic E-state index is 0.0196. The van der Waals surface area contributed by atoms with E-state index in [1.165, 1.54) is 82.8 Å². The van der Waals surface area contributed by atoms with E-state index >= 15 is 0 Å². The number of rotatable bonds is 4. The van der Waals surface area contributed by atoms with Crippen molar-refractivity contribution in [1.29, 1.82) is 0 Å². The predicted octanol–water partition coefficient (Wildman–Crippen LogP) is 15.6. The van der Waals surface area contributed by atoms with Gasteiger partial charge in [0.15, 0.2) is 12.9 Å². The molecule has 0 saturated carbocycles. The number of anilines is 2. The highest BCUT2D eigenvalue weighted by Crippen LogP contribution is 2.58. The number of benzene rings is 8. The Kier molecular flexibility index (Phi) is 8.29. The zero-order valence-electron chi connectivity index (χ0n) is 41.6. The molecule has 0 amide bonds. The van der Waals surface area contributed by atoms with Crippen LogP contribution in [0.2, 0.25) is 0 Å². The van der Waals surface area contributed by atoms with Crippen molar-refractivity contribution < 1.29 is 8.83 Å². The quantitative estimate of drug-likeness (QED) is 0.179. The first-order valence-corrected chi connectivity index (χ1v) is 25.2. The van der Waals surface area contributed by atoms with Crippen molar-refractivity contribution in [3.63, 3.8) is 0 Å². The van der Waals surface area contributed by atoms with Crippen LogP contribution in [-0.2, 0) is 21.7 Å². The van der Waals surface area contributed by atoms with Crippen molar-refractivity contribution in [2.24, 2.45) is 0 Å². The maximum atomic E-state index is 6.71. The molecule has 14 rings (SSSR count). The molecule has 0 unspecified atom stereocenters. The van der Waals surface area contributed by atoms with Crippen LogP contribution in [0.1, 0.15) is 103 Å². The highest BCUT2D eigenvalue weighted by Gasteiger charge is 2.45. The van der Waals surface area contributed by atoms with Gasteiger partial charge in [-0.15, -0.1) is 0 Å². The minimum atomic E-state index is -0.337. The van der Waals surface area contributed by atoms with Gasteiger partial charge in [0.05, 0.1) is 11.2 Å². The maximum Gasteiger partial charge on any atom is 0.227 e. The van der Waals surface area contributed by atoms with Crippen LogP contribution in [-0.4, -0.2) is 16.8 Å². The van der Waals surface area contributed by atoms with E-state index < -0.39 is 0 Å². The molecular weight excluding hydrogens is 854 g/mol. The third-order valence-corrected chi connectivity index (χ3v) is 16.8. The Labute approximate surface area is 409 Å². The van der Waals surface area contributed by atoms with Crippen molar-refractivity contribution in [2.75, 3.05) is 5.32 Å². The summed E-state index contributed by atoms with van der Waals surface area (Å²) in [7, 11) is 0.723. The fraction of sp³-hybridized carbons (Fsp3) is 0.234. The standard InChI is InChI=1S/C64H56BN3O2/c1-61(2,3)36-23-25-37(26-24-36)66-47-33-52-40(38-19-14-16-22-51(38)69-52)29-41(47)56-57-54(39-20-13-15-21-43(39)64(57,8)9)55-42-30-44-45(63(6,7)28-27-62(44,4)5)31-49(42)68-50-34-53-48(32-46(50)65-58(56)59(55)68)67-60(70-53)35-17-11-10-12-18-35/h10-26,29-34,65-66H,27-28H2,1-9H3. The molecular formula is C64H56BN3O2. The summed E-state index contributed by atoms with van der Waals surface area (Å²) in [6, 6.07) is 51.5. The summed E-state index contributed by atoms with van der Waals surface area (Å²) in [5, 5.41) is 8.91. The predicted molar refractivity (Wildman–Crippen MR) is 294 cm³/mol. The Hall–Kier alpha value is -7.31. The van der Waals surface area contributed by atoms with Gasteiger partial charge in [-0.05, 0) is 134 Å². The smallest absolute Gasteiger partial charge is 0.227 e. The molecule has 8 aromatic carbocycles. The molecule has 11 aromatic rings. The van der Waals surface area contributed by atoms with E-state index in [1.54, 1.807) is 0 Å². The summed E-state index contributed by atoms with van der Waals surface area (Å²) in [6.45, 7) is 21.5. The van der Waals surface area contributed by atoms with Gasteiger partial charge in [0.2, 0.25) is 5.89 Å². The summed E-state index contributed by atoms with van der Waals surface area (Å²) in [5.41, 5.74) is 24.5. The van der Waals surface area contributed by atoms with Crippen molar-refractivity contribution >= 4 is 84.4 Å². The molecule has 6 heteroatoms. The van der Waals surface area contributed by atoms with Gasteiger partial charge >= 0.3 is 0 Å². The molecule has 0 atom stereocenters. The molecule has 3 aromatic heterocycles. The summed E-state index contributed by atoms with van der Waals surface area (Å²) in [5.74, 6) is 0.640. The molecule has 0 bridgehead atoms. The van der Waals surface area contributed by atoms with E-state index in [0.29, 0.717) is 5.89 Å². The van der Waals surface area contributed by atoms with E-state index in [4.69, 9.17) is 13.8 Å². The van der Waals surface area contributed by atoms with Crippen LogP contribution in [0.15, 0.2) is 148 Å². The lowest BCUT2D eigenvalue weighted by Crippen LogP contribution is -2.38. The maximum absolute atomic E-state index is 6.71. The lowest BCUT2D eigenvalue weighted by molar-refractivity contribution is 0.332. The first kappa shape index (κ1) is 41.6. The van der Waals surface area contributed by atoms with Crippen molar-refractivity contribution in [2.45, 2.75) is 96.8 Å². The van der Waals surface area contributed by atoms with E-state index in [2.05, 4.69) is 194 Å². The first-order chi connectivity index (χ1) is 33.5. The van der Waals surface area contributed by atoms with Gasteiger partial charge < -0.3 is 18.7 Å². The largest absolute Gasteiger partial charge is 0.456 e. The number of hydrogen-bond donors (Lipinski definition) is 1. The van der Waals surface area contributed by atoms with Crippen molar-refractivity contribution in [3.05, 3.63) is 167 Å². The molecule has 0 fully saturated rings. The molecule has 5 nitrogen and oxygen atoms in total. The molecule has 342 valence electrons.